The van der Waals surface area contributed by atoms with E-state index in [1.165, 1.54) is 0 Å². The van der Waals surface area contributed by atoms with Gasteiger partial charge in [-0.25, -0.2) is 4.79 Å². The molecule has 2 rings (SSSR count). The molecule has 0 radical (unpaired) electrons. The Hall–Kier alpha value is -2.54. The van der Waals surface area contributed by atoms with Crippen LogP contribution in [0.25, 0.3) is 10.9 Å². The molecule has 0 saturated heterocycles. The highest BCUT2D eigenvalue weighted by Gasteiger charge is 2.14. The minimum atomic E-state index is -0.972. The minimum absolute atomic E-state index is 0.347. The first-order valence-corrected chi connectivity index (χ1v) is 5.50. The second kappa shape index (κ2) is 6.41. The van der Waals surface area contributed by atoms with E-state index in [1.807, 2.05) is 30.5 Å². The number of para-hydroxylation sites is 1. The van der Waals surface area contributed by atoms with Gasteiger partial charge in [0.05, 0.1) is 0 Å². The van der Waals surface area contributed by atoms with Crippen LogP contribution in [-0.4, -0.2) is 28.1 Å². The van der Waals surface area contributed by atoms with Crippen molar-refractivity contribution in [3.63, 3.8) is 0 Å². The van der Waals surface area contributed by atoms with Crippen LogP contribution in [0.4, 0.5) is 4.79 Å². The SMILES string of the molecule is NC(N)=O.N[C@@H](Cc1c[nH]c2ccccc12)C(=O)O. The molecule has 1 heterocycles. The van der Waals surface area contributed by atoms with Crippen LogP contribution in [0, 0.1) is 0 Å². The molecule has 0 saturated carbocycles. The Kier molecular flexibility index (Phi) is 4.90. The molecular weight excluding hydrogens is 248 g/mol. The summed E-state index contributed by atoms with van der Waals surface area (Å²) in [5, 5.41) is 9.75. The molecule has 1 aromatic carbocycles. The Labute approximate surface area is 109 Å². The summed E-state index contributed by atoms with van der Waals surface area (Å²) in [7, 11) is 0. The highest BCUT2D eigenvalue weighted by atomic mass is 16.4. The lowest BCUT2D eigenvalue weighted by atomic mass is 10.1. The zero-order chi connectivity index (χ0) is 14.4. The van der Waals surface area contributed by atoms with Crippen LogP contribution in [0.1, 0.15) is 5.56 Å². The van der Waals surface area contributed by atoms with Crippen molar-refractivity contribution >= 4 is 22.9 Å². The predicted molar refractivity (Wildman–Crippen MR) is 71.4 cm³/mol. The van der Waals surface area contributed by atoms with Crippen molar-refractivity contribution in [1.29, 1.82) is 0 Å². The maximum Gasteiger partial charge on any atom is 0.320 e. The lowest BCUT2D eigenvalue weighted by Gasteiger charge is -2.04. The van der Waals surface area contributed by atoms with Gasteiger partial charge in [-0.3, -0.25) is 4.79 Å². The van der Waals surface area contributed by atoms with Gasteiger partial charge in [0.2, 0.25) is 0 Å². The third-order valence-corrected chi connectivity index (χ3v) is 2.43. The number of aromatic amines is 1. The summed E-state index contributed by atoms with van der Waals surface area (Å²) < 4.78 is 0. The molecule has 0 bridgehead atoms. The number of rotatable bonds is 3. The van der Waals surface area contributed by atoms with Crippen LogP contribution < -0.4 is 17.2 Å². The fourth-order valence-electron chi connectivity index (χ4n) is 1.62. The fraction of sp³-hybridized carbons (Fsp3) is 0.167. The molecule has 2 amide bonds. The van der Waals surface area contributed by atoms with Crippen LogP contribution >= 0.6 is 0 Å². The average molecular weight is 264 g/mol. The number of hydrogen-bond donors (Lipinski definition) is 5. The highest BCUT2D eigenvalue weighted by molar-refractivity contribution is 5.84. The highest BCUT2D eigenvalue weighted by Crippen LogP contribution is 2.18. The van der Waals surface area contributed by atoms with Gasteiger partial charge in [-0.05, 0) is 11.6 Å². The van der Waals surface area contributed by atoms with E-state index in [0.717, 1.165) is 16.5 Å². The van der Waals surface area contributed by atoms with E-state index >= 15 is 0 Å². The molecule has 19 heavy (non-hydrogen) atoms. The number of nitrogens with one attached hydrogen (secondary N) is 1. The van der Waals surface area contributed by atoms with Gasteiger partial charge in [-0.2, -0.15) is 0 Å². The third-order valence-electron chi connectivity index (χ3n) is 2.43. The Morgan fingerprint density at radius 3 is 2.42 bits per heavy atom. The number of primary amides is 2. The van der Waals surface area contributed by atoms with Gasteiger partial charge >= 0.3 is 12.0 Å². The maximum absolute atomic E-state index is 10.6. The molecule has 8 N–H and O–H groups in total. The molecule has 0 aliphatic heterocycles. The number of carbonyl (C=O) groups excluding carboxylic acids is 1. The van der Waals surface area contributed by atoms with Crippen molar-refractivity contribution in [2.24, 2.45) is 17.2 Å². The molecule has 1 atom stereocenters. The van der Waals surface area contributed by atoms with E-state index in [-0.39, 0.29) is 0 Å². The summed E-state index contributed by atoms with van der Waals surface area (Å²) in [6.45, 7) is 0. The van der Waals surface area contributed by atoms with Gasteiger partial charge in [-0.1, -0.05) is 18.2 Å². The van der Waals surface area contributed by atoms with Crippen LogP contribution in [0.3, 0.4) is 0 Å². The Balaban J connectivity index is 0.000000399. The molecule has 102 valence electrons. The lowest BCUT2D eigenvalue weighted by molar-refractivity contribution is -0.138. The first-order valence-electron chi connectivity index (χ1n) is 5.50. The molecule has 0 spiro atoms. The standard InChI is InChI=1S/C11H12N2O2.CH4N2O/c12-9(11(14)15)5-7-6-13-10-4-2-1-3-8(7)10;2-1(3)4/h1-4,6,9,13H,5,12H2,(H,14,15);(H4,2,3,4)/t9-;/m0./s1. The van der Waals surface area contributed by atoms with Crippen LogP contribution in [0.15, 0.2) is 30.5 Å². The second-order valence-electron chi connectivity index (χ2n) is 3.91. The maximum atomic E-state index is 10.6. The van der Waals surface area contributed by atoms with Gasteiger partial charge in [0.25, 0.3) is 0 Å². The van der Waals surface area contributed by atoms with Crippen LogP contribution in [-0.2, 0) is 11.2 Å². The summed E-state index contributed by atoms with van der Waals surface area (Å²) in [4.78, 5) is 22.7. The van der Waals surface area contributed by atoms with E-state index in [4.69, 9.17) is 15.6 Å². The molecule has 7 heteroatoms. The van der Waals surface area contributed by atoms with Gasteiger partial charge in [-0.15, -0.1) is 0 Å². The number of hydrogen-bond acceptors (Lipinski definition) is 3. The number of carboxylic acids is 1. The largest absolute Gasteiger partial charge is 0.480 e. The number of amides is 2. The monoisotopic (exact) mass is 264 g/mol. The normalized spacial score (nSPS) is 11.4. The van der Waals surface area contributed by atoms with Crippen molar-refractivity contribution in [2.75, 3.05) is 0 Å². The number of nitrogens with two attached hydrogens (primary N) is 3. The molecule has 0 aliphatic carbocycles. The van der Waals surface area contributed by atoms with E-state index < -0.39 is 18.0 Å². The summed E-state index contributed by atoms with van der Waals surface area (Å²) >= 11 is 0. The molecule has 0 unspecified atom stereocenters. The summed E-state index contributed by atoms with van der Waals surface area (Å²) in [5.41, 5.74) is 15.9. The van der Waals surface area contributed by atoms with Crippen molar-refractivity contribution in [1.82, 2.24) is 4.98 Å². The fourth-order valence-corrected chi connectivity index (χ4v) is 1.62. The number of carboxylic acid groups (broad SMARTS) is 1. The number of urea groups is 1. The number of aromatic nitrogens is 1. The molecule has 2 aromatic rings. The smallest absolute Gasteiger partial charge is 0.320 e. The first-order chi connectivity index (χ1) is 8.91. The zero-order valence-electron chi connectivity index (χ0n) is 10.2. The summed E-state index contributed by atoms with van der Waals surface area (Å²) in [5.74, 6) is -0.972. The zero-order valence-corrected chi connectivity index (χ0v) is 10.2. The molecule has 0 aliphatic rings. The van der Waals surface area contributed by atoms with E-state index in [2.05, 4.69) is 16.5 Å². The van der Waals surface area contributed by atoms with Gasteiger partial charge in [0.15, 0.2) is 0 Å². The van der Waals surface area contributed by atoms with Crippen molar-refractivity contribution in [2.45, 2.75) is 12.5 Å². The lowest BCUT2D eigenvalue weighted by Crippen LogP contribution is -2.32. The average Bonchev–Trinajstić information content (AvgIpc) is 2.72. The van der Waals surface area contributed by atoms with Crippen molar-refractivity contribution in [3.05, 3.63) is 36.0 Å². The Morgan fingerprint density at radius 2 is 1.84 bits per heavy atom. The quantitative estimate of drug-likeness (QED) is 0.536. The number of benzene rings is 1. The van der Waals surface area contributed by atoms with E-state index in [1.54, 1.807) is 0 Å². The number of carbonyl (C=O) groups is 2. The summed E-state index contributed by atoms with van der Waals surface area (Å²) in [6.07, 6.45) is 2.16. The van der Waals surface area contributed by atoms with E-state index in [0.29, 0.717) is 6.42 Å². The number of fused-ring (bicyclic) bond motifs is 1. The molecular formula is C12H16N4O3. The topological polar surface area (TPSA) is 148 Å². The Morgan fingerprint density at radius 1 is 1.26 bits per heavy atom. The van der Waals surface area contributed by atoms with E-state index in [9.17, 15) is 4.79 Å². The third kappa shape index (κ3) is 4.32. The van der Waals surface area contributed by atoms with Crippen LogP contribution in [0.5, 0.6) is 0 Å². The molecule has 7 nitrogen and oxygen atoms in total. The number of H-pyrrole nitrogens is 1. The van der Waals surface area contributed by atoms with Gasteiger partial charge in [0.1, 0.15) is 6.04 Å². The van der Waals surface area contributed by atoms with Crippen molar-refractivity contribution in [3.8, 4) is 0 Å². The summed E-state index contributed by atoms with van der Waals surface area (Å²) in [6, 6.07) is 6.08. The van der Waals surface area contributed by atoms with Gasteiger partial charge < -0.3 is 27.3 Å². The molecule has 1 aromatic heterocycles. The molecule has 0 fully saturated rings. The predicted octanol–water partition coefficient (Wildman–Crippen LogP) is 0.146. The second-order valence-corrected chi connectivity index (χ2v) is 3.91. The number of aliphatic carboxylic acids is 1. The Bertz CT molecular complexity index is 575. The minimum Gasteiger partial charge on any atom is -0.480 e. The van der Waals surface area contributed by atoms with Crippen molar-refractivity contribution < 1.29 is 14.7 Å². The van der Waals surface area contributed by atoms with Gasteiger partial charge in [0, 0.05) is 23.5 Å². The van der Waals surface area contributed by atoms with Crippen LogP contribution in [0.2, 0.25) is 0 Å². The first kappa shape index (κ1) is 14.5.